The summed E-state index contributed by atoms with van der Waals surface area (Å²) in [5.74, 6) is -0.561. The molecule has 0 fully saturated rings. The van der Waals surface area contributed by atoms with E-state index in [0.29, 0.717) is 16.7 Å². The van der Waals surface area contributed by atoms with Gasteiger partial charge in [0.25, 0.3) is 15.8 Å². The molecule has 9 heteroatoms. The molecular formula is C19H19NO7S. The minimum atomic E-state index is -3.79. The molecule has 28 heavy (non-hydrogen) atoms. The quantitative estimate of drug-likeness (QED) is 0.218. The smallest absolute Gasteiger partial charge is 0.331 e. The Kier molecular flexibility index (Phi) is 7.02. The Morgan fingerprint density at radius 3 is 2.39 bits per heavy atom. The SMILES string of the molecule is CCOC(=O)C=C(c1ccccc1)c1ccc([N+](=O)[O-])c(COS(C)(=O)=O)c1. The number of rotatable bonds is 8. The second-order valence-corrected chi connectivity index (χ2v) is 7.39. The first-order chi connectivity index (χ1) is 13.2. The van der Waals surface area contributed by atoms with Crippen LogP contribution in [0.15, 0.2) is 54.6 Å². The third-order valence-corrected chi connectivity index (χ3v) is 4.20. The first-order valence-electron chi connectivity index (χ1n) is 8.27. The van der Waals surface area contributed by atoms with Gasteiger partial charge in [0, 0.05) is 12.1 Å². The van der Waals surface area contributed by atoms with E-state index in [1.807, 2.05) is 6.07 Å². The van der Waals surface area contributed by atoms with Gasteiger partial charge in [0.2, 0.25) is 0 Å². The molecule has 0 aliphatic carbocycles. The molecule has 0 saturated heterocycles. The highest BCUT2D eigenvalue weighted by Crippen LogP contribution is 2.29. The summed E-state index contributed by atoms with van der Waals surface area (Å²) in [6.45, 7) is 1.38. The second kappa shape index (κ2) is 9.25. The van der Waals surface area contributed by atoms with Crippen molar-refractivity contribution in [1.82, 2.24) is 0 Å². The Morgan fingerprint density at radius 1 is 1.14 bits per heavy atom. The van der Waals surface area contributed by atoms with Gasteiger partial charge in [0.1, 0.15) is 0 Å². The van der Waals surface area contributed by atoms with Gasteiger partial charge in [-0.3, -0.25) is 14.3 Å². The molecule has 0 aliphatic heterocycles. The predicted octanol–water partition coefficient (Wildman–Crippen LogP) is 3.07. The Labute approximate surface area is 162 Å². The van der Waals surface area contributed by atoms with E-state index in [1.54, 1.807) is 31.2 Å². The number of carbonyl (C=O) groups is 1. The standard InChI is InChI=1S/C19H19NO7S/c1-3-26-19(21)12-17(14-7-5-4-6-8-14)15-9-10-18(20(22)23)16(11-15)13-27-28(2,24)25/h4-12H,3,13H2,1-2H3. The Bertz CT molecular complexity index is 998. The molecule has 2 aromatic carbocycles. The van der Waals surface area contributed by atoms with Gasteiger partial charge in [-0.25, -0.2) is 4.79 Å². The van der Waals surface area contributed by atoms with Crippen LogP contribution in [0.5, 0.6) is 0 Å². The lowest BCUT2D eigenvalue weighted by Crippen LogP contribution is -2.06. The minimum Gasteiger partial charge on any atom is -0.463 e. The van der Waals surface area contributed by atoms with Crippen molar-refractivity contribution in [3.05, 3.63) is 81.4 Å². The van der Waals surface area contributed by atoms with Gasteiger partial charge >= 0.3 is 5.97 Å². The number of nitro benzene ring substituents is 1. The zero-order chi connectivity index (χ0) is 20.7. The molecule has 0 spiro atoms. The fourth-order valence-electron chi connectivity index (χ4n) is 2.47. The highest BCUT2D eigenvalue weighted by atomic mass is 32.2. The largest absolute Gasteiger partial charge is 0.463 e. The number of ether oxygens (including phenoxy) is 1. The van der Waals surface area contributed by atoms with Crippen molar-refractivity contribution in [1.29, 1.82) is 0 Å². The molecule has 0 N–H and O–H groups in total. The molecule has 0 unspecified atom stereocenters. The molecule has 2 rings (SSSR count). The van der Waals surface area contributed by atoms with E-state index in [0.717, 1.165) is 6.26 Å². The van der Waals surface area contributed by atoms with Crippen molar-refractivity contribution in [2.24, 2.45) is 0 Å². The van der Waals surface area contributed by atoms with E-state index >= 15 is 0 Å². The average Bonchev–Trinajstić information content (AvgIpc) is 2.64. The lowest BCUT2D eigenvalue weighted by atomic mass is 9.95. The maximum atomic E-state index is 12.0. The summed E-state index contributed by atoms with van der Waals surface area (Å²) < 4.78 is 32.3. The summed E-state index contributed by atoms with van der Waals surface area (Å²) in [4.78, 5) is 22.7. The van der Waals surface area contributed by atoms with Crippen LogP contribution in [0, 0.1) is 10.1 Å². The summed E-state index contributed by atoms with van der Waals surface area (Å²) in [6.07, 6.45) is 2.15. The fraction of sp³-hybridized carbons (Fsp3) is 0.211. The lowest BCUT2D eigenvalue weighted by molar-refractivity contribution is -0.385. The van der Waals surface area contributed by atoms with Crippen molar-refractivity contribution in [3.63, 3.8) is 0 Å². The summed E-state index contributed by atoms with van der Waals surface area (Å²) >= 11 is 0. The predicted molar refractivity (Wildman–Crippen MR) is 103 cm³/mol. The number of esters is 1. The molecule has 0 aliphatic rings. The van der Waals surface area contributed by atoms with Crippen LogP contribution in [0.3, 0.4) is 0 Å². The zero-order valence-electron chi connectivity index (χ0n) is 15.3. The molecule has 0 radical (unpaired) electrons. The number of hydrogen-bond donors (Lipinski definition) is 0. The Hall–Kier alpha value is -3.04. The third kappa shape index (κ3) is 6.00. The number of carbonyl (C=O) groups excluding carboxylic acids is 1. The van der Waals surface area contributed by atoms with Gasteiger partial charge in [-0.1, -0.05) is 30.3 Å². The summed E-state index contributed by atoms with van der Waals surface area (Å²) in [5, 5.41) is 11.3. The van der Waals surface area contributed by atoms with Crippen molar-refractivity contribution in [3.8, 4) is 0 Å². The van der Waals surface area contributed by atoms with Crippen LogP contribution < -0.4 is 0 Å². The summed E-state index contributed by atoms with van der Waals surface area (Å²) in [7, 11) is -3.79. The van der Waals surface area contributed by atoms with Gasteiger partial charge in [-0.2, -0.15) is 8.42 Å². The van der Waals surface area contributed by atoms with E-state index in [1.165, 1.54) is 24.3 Å². The van der Waals surface area contributed by atoms with E-state index in [2.05, 4.69) is 0 Å². The van der Waals surface area contributed by atoms with E-state index < -0.39 is 27.6 Å². The molecule has 8 nitrogen and oxygen atoms in total. The van der Waals surface area contributed by atoms with Gasteiger partial charge < -0.3 is 4.74 Å². The molecule has 148 valence electrons. The Morgan fingerprint density at radius 2 is 1.82 bits per heavy atom. The van der Waals surface area contributed by atoms with Crippen molar-refractivity contribution in [2.45, 2.75) is 13.5 Å². The van der Waals surface area contributed by atoms with Crippen molar-refractivity contribution >= 4 is 27.3 Å². The first kappa shape index (κ1) is 21.3. The van der Waals surface area contributed by atoms with Crippen LogP contribution in [0.2, 0.25) is 0 Å². The van der Waals surface area contributed by atoms with Gasteiger partial charge in [0.15, 0.2) is 0 Å². The summed E-state index contributed by atoms with van der Waals surface area (Å²) in [5.41, 5.74) is 1.44. The van der Waals surface area contributed by atoms with Gasteiger partial charge in [0.05, 0.1) is 30.0 Å². The van der Waals surface area contributed by atoms with Crippen LogP contribution in [-0.4, -0.2) is 32.2 Å². The minimum absolute atomic E-state index is 0.0682. The second-order valence-electron chi connectivity index (χ2n) is 5.74. The summed E-state index contributed by atoms with van der Waals surface area (Å²) in [6, 6.07) is 13.1. The van der Waals surface area contributed by atoms with Crippen LogP contribution in [-0.2, 0) is 30.4 Å². The lowest BCUT2D eigenvalue weighted by Gasteiger charge is -2.11. The molecule has 0 saturated carbocycles. The van der Waals surface area contributed by atoms with Crippen molar-refractivity contribution in [2.75, 3.05) is 12.9 Å². The molecule has 0 atom stereocenters. The molecule has 0 amide bonds. The highest BCUT2D eigenvalue weighted by molar-refractivity contribution is 7.85. The van der Waals surface area contributed by atoms with Crippen LogP contribution in [0.1, 0.15) is 23.6 Å². The number of hydrogen-bond acceptors (Lipinski definition) is 7. The molecular weight excluding hydrogens is 386 g/mol. The first-order valence-corrected chi connectivity index (χ1v) is 10.1. The fourth-order valence-corrected chi connectivity index (χ4v) is 2.81. The molecule has 0 bridgehead atoms. The van der Waals surface area contributed by atoms with Gasteiger partial charge in [-0.15, -0.1) is 0 Å². The van der Waals surface area contributed by atoms with Crippen molar-refractivity contribution < 1.29 is 27.1 Å². The third-order valence-electron chi connectivity index (χ3n) is 3.65. The van der Waals surface area contributed by atoms with E-state index in [-0.39, 0.29) is 17.9 Å². The Balaban J connectivity index is 2.56. The average molecular weight is 405 g/mol. The number of nitro groups is 1. The number of nitrogens with zero attached hydrogens (tertiary/aromatic N) is 1. The van der Waals surface area contributed by atoms with Gasteiger partial charge in [-0.05, 0) is 35.8 Å². The van der Waals surface area contributed by atoms with E-state index in [4.69, 9.17) is 8.92 Å². The normalized spacial score (nSPS) is 11.9. The molecule has 2 aromatic rings. The van der Waals surface area contributed by atoms with Crippen LogP contribution >= 0.6 is 0 Å². The zero-order valence-corrected chi connectivity index (χ0v) is 16.1. The van der Waals surface area contributed by atoms with Crippen LogP contribution in [0.4, 0.5) is 5.69 Å². The molecule has 0 aromatic heterocycles. The topological polar surface area (TPSA) is 113 Å². The maximum Gasteiger partial charge on any atom is 0.331 e. The number of benzene rings is 2. The van der Waals surface area contributed by atoms with Crippen LogP contribution in [0.25, 0.3) is 5.57 Å². The molecule has 0 heterocycles. The monoisotopic (exact) mass is 405 g/mol. The van der Waals surface area contributed by atoms with E-state index in [9.17, 15) is 23.3 Å². The maximum absolute atomic E-state index is 12.0. The highest BCUT2D eigenvalue weighted by Gasteiger charge is 2.18.